The Kier molecular flexibility index (Phi) is 3.63. The van der Waals surface area contributed by atoms with E-state index in [-0.39, 0.29) is 18.1 Å². The molecule has 1 aromatic rings. The highest BCUT2D eigenvalue weighted by Crippen LogP contribution is 2.48. The Bertz CT molecular complexity index is 555. The van der Waals surface area contributed by atoms with Gasteiger partial charge in [-0.2, -0.15) is 0 Å². The first kappa shape index (κ1) is 14.0. The third-order valence-corrected chi connectivity index (χ3v) is 4.21. The van der Waals surface area contributed by atoms with Crippen molar-refractivity contribution in [3.05, 3.63) is 17.7 Å². The molecule has 21 heavy (non-hydrogen) atoms. The lowest BCUT2D eigenvalue weighted by Crippen LogP contribution is -2.31. The summed E-state index contributed by atoms with van der Waals surface area (Å²) in [7, 11) is 1.70. The van der Waals surface area contributed by atoms with Crippen molar-refractivity contribution < 1.29 is 19.0 Å². The van der Waals surface area contributed by atoms with Crippen LogP contribution in [0.25, 0.3) is 0 Å². The molecule has 1 saturated carbocycles. The molecule has 1 aliphatic carbocycles. The maximum absolute atomic E-state index is 12.3. The predicted octanol–water partition coefficient (Wildman–Crippen LogP) is 1.54. The summed E-state index contributed by atoms with van der Waals surface area (Å²) in [5.41, 5.74) is 6.95. The highest BCUT2D eigenvalue weighted by molar-refractivity contribution is 6.00. The predicted molar refractivity (Wildman–Crippen MR) is 77.5 cm³/mol. The summed E-state index contributed by atoms with van der Waals surface area (Å²) in [5.74, 6) is 0.979. The van der Waals surface area contributed by atoms with Gasteiger partial charge in [0.1, 0.15) is 0 Å². The van der Waals surface area contributed by atoms with Gasteiger partial charge in [-0.3, -0.25) is 4.79 Å². The summed E-state index contributed by atoms with van der Waals surface area (Å²) in [6.07, 6.45) is 3.24. The number of benzene rings is 1. The zero-order chi connectivity index (χ0) is 14.9. The van der Waals surface area contributed by atoms with Gasteiger partial charge >= 0.3 is 0 Å². The smallest absolute Gasteiger partial charge is 0.253 e. The fourth-order valence-corrected chi connectivity index (χ4v) is 2.53. The van der Waals surface area contributed by atoms with Crippen LogP contribution < -0.4 is 20.5 Å². The molecule has 0 atom stereocenters. The van der Waals surface area contributed by atoms with E-state index >= 15 is 0 Å². The van der Waals surface area contributed by atoms with E-state index in [0.29, 0.717) is 29.3 Å². The van der Waals surface area contributed by atoms with E-state index in [1.807, 2.05) is 0 Å². The molecular weight excluding hydrogens is 272 g/mol. The Hall–Kier alpha value is -1.95. The number of hydrogen-bond donors (Lipinski definition) is 2. The number of rotatable bonds is 6. The topological polar surface area (TPSA) is 82.8 Å². The van der Waals surface area contributed by atoms with E-state index in [1.54, 1.807) is 19.2 Å². The molecule has 1 amide bonds. The van der Waals surface area contributed by atoms with Crippen LogP contribution in [0.1, 0.15) is 29.6 Å². The number of anilines is 1. The van der Waals surface area contributed by atoms with E-state index in [1.165, 1.54) is 0 Å². The number of ether oxygens (including phenoxy) is 3. The van der Waals surface area contributed by atoms with Crippen LogP contribution in [0.3, 0.4) is 0 Å². The van der Waals surface area contributed by atoms with Crippen molar-refractivity contribution in [2.45, 2.75) is 19.3 Å². The Labute approximate surface area is 123 Å². The largest absolute Gasteiger partial charge is 0.454 e. The van der Waals surface area contributed by atoms with Crippen molar-refractivity contribution in [3.63, 3.8) is 0 Å². The Morgan fingerprint density at radius 1 is 1.38 bits per heavy atom. The van der Waals surface area contributed by atoms with Crippen molar-refractivity contribution in [1.29, 1.82) is 0 Å². The maximum atomic E-state index is 12.3. The van der Waals surface area contributed by atoms with Crippen LogP contribution in [0.4, 0.5) is 5.69 Å². The van der Waals surface area contributed by atoms with Gasteiger partial charge in [0.25, 0.3) is 5.91 Å². The van der Waals surface area contributed by atoms with Gasteiger partial charge in [-0.25, -0.2) is 0 Å². The molecule has 6 nitrogen and oxygen atoms in total. The molecule has 0 spiro atoms. The number of hydrogen-bond acceptors (Lipinski definition) is 5. The molecule has 1 heterocycles. The first-order valence-corrected chi connectivity index (χ1v) is 7.10. The van der Waals surface area contributed by atoms with Gasteiger partial charge in [-0.1, -0.05) is 0 Å². The van der Waals surface area contributed by atoms with Crippen LogP contribution in [0.15, 0.2) is 12.1 Å². The number of fused-ring (bicyclic) bond motifs is 1. The quantitative estimate of drug-likeness (QED) is 0.777. The van der Waals surface area contributed by atoms with Crippen LogP contribution >= 0.6 is 0 Å². The maximum Gasteiger partial charge on any atom is 0.253 e. The van der Waals surface area contributed by atoms with E-state index in [9.17, 15) is 4.79 Å². The Morgan fingerprint density at radius 2 is 2.10 bits per heavy atom. The van der Waals surface area contributed by atoms with Gasteiger partial charge in [0, 0.05) is 32.0 Å². The standard InChI is InChI=1S/C15H20N2O4/c1-19-5-4-15(2-3-15)8-17-14(18)10-6-12-13(7-11(10)16)21-9-20-12/h6-7H,2-5,8-9,16H2,1H3,(H,17,18). The van der Waals surface area contributed by atoms with E-state index in [0.717, 1.165) is 25.9 Å². The molecule has 0 radical (unpaired) electrons. The average molecular weight is 292 g/mol. The third kappa shape index (κ3) is 2.90. The van der Waals surface area contributed by atoms with Crippen LogP contribution in [0, 0.1) is 5.41 Å². The van der Waals surface area contributed by atoms with Crippen molar-refractivity contribution in [1.82, 2.24) is 5.32 Å². The summed E-state index contributed by atoms with van der Waals surface area (Å²) in [6, 6.07) is 3.27. The SMILES string of the molecule is COCCC1(CNC(=O)c2cc3c(cc2N)OCO3)CC1. The molecule has 0 saturated heterocycles. The zero-order valence-corrected chi connectivity index (χ0v) is 12.1. The summed E-state index contributed by atoms with van der Waals surface area (Å²) < 4.78 is 15.6. The van der Waals surface area contributed by atoms with E-state index in [4.69, 9.17) is 19.9 Å². The molecule has 0 unspecified atom stereocenters. The highest BCUT2D eigenvalue weighted by atomic mass is 16.7. The van der Waals surface area contributed by atoms with Crippen molar-refractivity contribution >= 4 is 11.6 Å². The van der Waals surface area contributed by atoms with Crippen LogP contribution in [0.5, 0.6) is 11.5 Å². The molecule has 2 aliphatic rings. The van der Waals surface area contributed by atoms with Gasteiger partial charge in [-0.15, -0.1) is 0 Å². The zero-order valence-electron chi connectivity index (χ0n) is 12.1. The summed E-state index contributed by atoms with van der Waals surface area (Å²) >= 11 is 0. The van der Waals surface area contributed by atoms with Crippen LogP contribution in [0.2, 0.25) is 0 Å². The van der Waals surface area contributed by atoms with Crippen molar-refractivity contribution in [2.75, 3.05) is 32.8 Å². The van der Waals surface area contributed by atoms with Gasteiger partial charge in [0.2, 0.25) is 6.79 Å². The number of nitrogen functional groups attached to an aromatic ring is 1. The first-order chi connectivity index (χ1) is 10.1. The minimum atomic E-state index is -0.172. The van der Waals surface area contributed by atoms with Gasteiger partial charge < -0.3 is 25.3 Å². The van der Waals surface area contributed by atoms with Crippen LogP contribution in [-0.4, -0.2) is 33.0 Å². The monoisotopic (exact) mass is 292 g/mol. The second-order valence-corrected chi connectivity index (χ2v) is 5.72. The van der Waals surface area contributed by atoms with E-state index < -0.39 is 0 Å². The van der Waals surface area contributed by atoms with Gasteiger partial charge in [0.15, 0.2) is 11.5 Å². The highest BCUT2D eigenvalue weighted by Gasteiger charge is 2.42. The molecule has 1 fully saturated rings. The summed E-state index contributed by atoms with van der Waals surface area (Å²) in [6.45, 7) is 1.55. The van der Waals surface area contributed by atoms with Crippen molar-refractivity contribution in [2.24, 2.45) is 5.41 Å². The number of nitrogens with one attached hydrogen (secondary N) is 1. The Morgan fingerprint density at radius 3 is 2.76 bits per heavy atom. The summed E-state index contributed by atoms with van der Waals surface area (Å²) in [5, 5.41) is 2.97. The molecule has 0 bridgehead atoms. The first-order valence-electron chi connectivity index (χ1n) is 7.10. The molecular formula is C15H20N2O4. The average Bonchev–Trinajstić information content (AvgIpc) is 3.11. The van der Waals surface area contributed by atoms with E-state index in [2.05, 4.69) is 5.32 Å². The third-order valence-electron chi connectivity index (χ3n) is 4.21. The molecule has 0 aromatic heterocycles. The Balaban J connectivity index is 1.63. The number of methoxy groups -OCH3 is 1. The fourth-order valence-electron chi connectivity index (χ4n) is 2.53. The molecule has 1 aliphatic heterocycles. The van der Waals surface area contributed by atoms with Gasteiger partial charge in [-0.05, 0) is 30.7 Å². The fraction of sp³-hybridized carbons (Fsp3) is 0.533. The molecule has 114 valence electrons. The molecule has 3 rings (SSSR count). The number of nitrogens with two attached hydrogens (primary N) is 1. The normalized spacial score (nSPS) is 17.6. The van der Waals surface area contributed by atoms with Crippen molar-refractivity contribution in [3.8, 4) is 11.5 Å². The molecule has 1 aromatic carbocycles. The van der Waals surface area contributed by atoms with Crippen LogP contribution in [-0.2, 0) is 4.74 Å². The second kappa shape index (κ2) is 5.44. The number of amides is 1. The lowest BCUT2D eigenvalue weighted by Gasteiger charge is -2.16. The lowest BCUT2D eigenvalue weighted by molar-refractivity contribution is 0.0938. The number of carbonyl (C=O) groups excluding carboxylic acids is 1. The van der Waals surface area contributed by atoms with Gasteiger partial charge in [0.05, 0.1) is 5.56 Å². The second-order valence-electron chi connectivity index (χ2n) is 5.72. The minimum absolute atomic E-state index is 0.167. The molecule has 3 N–H and O–H groups in total. The minimum Gasteiger partial charge on any atom is -0.454 e. The lowest BCUT2D eigenvalue weighted by atomic mass is 10.0. The molecule has 6 heteroatoms. The summed E-state index contributed by atoms with van der Waals surface area (Å²) in [4.78, 5) is 12.3. The number of carbonyl (C=O) groups is 1.